The summed E-state index contributed by atoms with van der Waals surface area (Å²) < 4.78 is 4.77. The van der Waals surface area contributed by atoms with E-state index in [1.165, 1.54) is 0 Å². The molecule has 0 aromatic carbocycles. The molecule has 0 spiro atoms. The molecule has 84 valence electrons. The molecule has 0 aliphatic heterocycles. The van der Waals surface area contributed by atoms with Gasteiger partial charge in [0, 0.05) is 6.42 Å². The fraction of sp³-hybridized carbons (Fsp3) is 0.636. The Kier molecular flexibility index (Phi) is 5.46. The summed E-state index contributed by atoms with van der Waals surface area (Å²) in [5.41, 5.74) is -1.51. The Morgan fingerprint density at radius 2 is 2.00 bits per heavy atom. The molecule has 0 bridgehead atoms. The highest BCUT2D eigenvalue weighted by Gasteiger charge is 2.45. The Balaban J connectivity index is 5.02. The van der Waals surface area contributed by atoms with Gasteiger partial charge in [-0.3, -0.25) is 9.59 Å². The van der Waals surface area contributed by atoms with E-state index in [1.54, 1.807) is 20.8 Å². The number of hydrogen-bond donors (Lipinski definition) is 1. The molecule has 0 radical (unpaired) electrons. The molecule has 4 nitrogen and oxygen atoms in total. The van der Waals surface area contributed by atoms with Crippen molar-refractivity contribution in [1.29, 1.82) is 0 Å². The first-order valence-corrected chi connectivity index (χ1v) is 4.85. The minimum atomic E-state index is -1.51. The molecule has 0 aliphatic carbocycles. The Morgan fingerprint density at radius 3 is 2.33 bits per heavy atom. The van der Waals surface area contributed by atoms with Crippen molar-refractivity contribution in [1.82, 2.24) is 0 Å². The van der Waals surface area contributed by atoms with Gasteiger partial charge in [-0.2, -0.15) is 0 Å². The van der Waals surface area contributed by atoms with E-state index >= 15 is 0 Å². The van der Waals surface area contributed by atoms with Crippen molar-refractivity contribution in [2.45, 2.75) is 33.6 Å². The van der Waals surface area contributed by atoms with E-state index in [1.807, 2.05) is 0 Å². The van der Waals surface area contributed by atoms with Crippen LogP contribution in [0, 0.1) is 17.3 Å². The summed E-state index contributed by atoms with van der Waals surface area (Å²) >= 11 is 0. The van der Waals surface area contributed by atoms with Crippen LogP contribution in [0.5, 0.6) is 0 Å². The standard InChI is InChI=1S/C11H16O4/c1-4-7-8-11(5-2,9(12)13)10(14)15-6-3/h5-6,8H2,1-3H3,(H,12,13). The van der Waals surface area contributed by atoms with E-state index in [0.717, 1.165) is 0 Å². The molecule has 1 N–H and O–H groups in total. The van der Waals surface area contributed by atoms with Crippen molar-refractivity contribution in [2.24, 2.45) is 5.41 Å². The zero-order chi connectivity index (χ0) is 11.9. The van der Waals surface area contributed by atoms with Gasteiger partial charge in [-0.05, 0) is 20.3 Å². The maximum absolute atomic E-state index is 11.6. The Labute approximate surface area is 89.6 Å². The van der Waals surface area contributed by atoms with Gasteiger partial charge in [0.2, 0.25) is 0 Å². The summed E-state index contributed by atoms with van der Waals surface area (Å²) in [6.45, 7) is 5.06. The number of carboxylic acid groups (broad SMARTS) is 1. The monoisotopic (exact) mass is 212 g/mol. The summed E-state index contributed by atoms with van der Waals surface area (Å²) in [6, 6.07) is 0. The van der Waals surface area contributed by atoms with Crippen LogP contribution in [-0.4, -0.2) is 23.7 Å². The highest BCUT2D eigenvalue weighted by molar-refractivity contribution is 5.99. The lowest BCUT2D eigenvalue weighted by atomic mass is 9.82. The van der Waals surface area contributed by atoms with Crippen molar-refractivity contribution >= 4 is 11.9 Å². The van der Waals surface area contributed by atoms with Gasteiger partial charge in [0.1, 0.15) is 0 Å². The maximum atomic E-state index is 11.6. The van der Waals surface area contributed by atoms with Gasteiger partial charge in [-0.25, -0.2) is 0 Å². The van der Waals surface area contributed by atoms with Gasteiger partial charge < -0.3 is 9.84 Å². The smallest absolute Gasteiger partial charge is 0.324 e. The average Bonchev–Trinajstić information content (AvgIpc) is 2.19. The molecular weight excluding hydrogens is 196 g/mol. The first-order valence-electron chi connectivity index (χ1n) is 4.85. The van der Waals surface area contributed by atoms with Crippen LogP contribution in [0.2, 0.25) is 0 Å². The van der Waals surface area contributed by atoms with Crippen LogP contribution in [0.25, 0.3) is 0 Å². The van der Waals surface area contributed by atoms with Gasteiger partial charge in [0.05, 0.1) is 6.61 Å². The van der Waals surface area contributed by atoms with Crippen molar-refractivity contribution < 1.29 is 19.4 Å². The lowest BCUT2D eigenvalue weighted by Gasteiger charge is -2.23. The molecule has 0 fully saturated rings. The molecular formula is C11H16O4. The topological polar surface area (TPSA) is 63.6 Å². The SMILES string of the molecule is CC#CCC(CC)(C(=O)O)C(=O)OCC. The van der Waals surface area contributed by atoms with Crippen molar-refractivity contribution in [3.8, 4) is 11.8 Å². The predicted molar refractivity (Wildman–Crippen MR) is 55.1 cm³/mol. The lowest BCUT2D eigenvalue weighted by Crippen LogP contribution is -2.40. The van der Waals surface area contributed by atoms with Crippen molar-refractivity contribution in [3.63, 3.8) is 0 Å². The van der Waals surface area contributed by atoms with E-state index in [-0.39, 0.29) is 19.4 Å². The Hall–Kier alpha value is -1.50. The second-order valence-electron chi connectivity index (χ2n) is 3.06. The largest absolute Gasteiger partial charge is 0.480 e. The molecule has 0 saturated heterocycles. The number of aliphatic carboxylic acids is 1. The third kappa shape index (κ3) is 2.98. The van der Waals surface area contributed by atoms with Gasteiger partial charge in [0.25, 0.3) is 0 Å². The molecule has 0 amide bonds. The number of carbonyl (C=O) groups is 2. The van der Waals surface area contributed by atoms with Crippen LogP contribution in [0.1, 0.15) is 33.6 Å². The molecule has 0 saturated carbocycles. The van der Waals surface area contributed by atoms with Gasteiger partial charge in [-0.1, -0.05) is 6.92 Å². The van der Waals surface area contributed by atoms with E-state index in [0.29, 0.717) is 0 Å². The zero-order valence-electron chi connectivity index (χ0n) is 9.29. The minimum Gasteiger partial charge on any atom is -0.480 e. The van der Waals surface area contributed by atoms with Gasteiger partial charge >= 0.3 is 11.9 Å². The number of rotatable bonds is 5. The summed E-state index contributed by atoms with van der Waals surface area (Å²) in [5.74, 6) is 3.34. The number of ether oxygens (including phenoxy) is 1. The van der Waals surface area contributed by atoms with Crippen LogP contribution in [-0.2, 0) is 14.3 Å². The molecule has 0 aromatic rings. The van der Waals surface area contributed by atoms with Crippen LogP contribution >= 0.6 is 0 Å². The maximum Gasteiger partial charge on any atom is 0.324 e. The Bertz CT molecular complexity index is 297. The summed E-state index contributed by atoms with van der Waals surface area (Å²) in [6.07, 6.45) is 0.171. The fourth-order valence-corrected chi connectivity index (χ4v) is 1.16. The highest BCUT2D eigenvalue weighted by atomic mass is 16.5. The summed E-state index contributed by atoms with van der Waals surface area (Å²) in [7, 11) is 0. The number of hydrogen-bond acceptors (Lipinski definition) is 3. The van der Waals surface area contributed by atoms with E-state index in [4.69, 9.17) is 9.84 Å². The second-order valence-corrected chi connectivity index (χ2v) is 3.06. The van der Waals surface area contributed by atoms with Crippen LogP contribution in [0.4, 0.5) is 0 Å². The molecule has 4 heteroatoms. The second kappa shape index (κ2) is 6.07. The average molecular weight is 212 g/mol. The first-order chi connectivity index (χ1) is 7.05. The van der Waals surface area contributed by atoms with Crippen LogP contribution in [0.15, 0.2) is 0 Å². The molecule has 0 aliphatic rings. The number of esters is 1. The minimum absolute atomic E-state index is 0.00579. The molecule has 0 heterocycles. The Morgan fingerprint density at radius 1 is 1.40 bits per heavy atom. The first kappa shape index (κ1) is 13.5. The molecule has 0 aromatic heterocycles. The normalized spacial score (nSPS) is 13.3. The van der Waals surface area contributed by atoms with Gasteiger partial charge in [-0.15, -0.1) is 11.8 Å². The van der Waals surface area contributed by atoms with E-state index in [2.05, 4.69) is 11.8 Å². The van der Waals surface area contributed by atoms with E-state index in [9.17, 15) is 9.59 Å². The molecule has 0 rings (SSSR count). The molecule has 1 atom stereocenters. The third-order valence-electron chi connectivity index (χ3n) is 2.25. The number of carbonyl (C=O) groups excluding carboxylic acids is 1. The third-order valence-corrected chi connectivity index (χ3v) is 2.25. The van der Waals surface area contributed by atoms with Gasteiger partial charge in [0.15, 0.2) is 5.41 Å². The fourth-order valence-electron chi connectivity index (χ4n) is 1.16. The summed E-state index contributed by atoms with van der Waals surface area (Å²) in [5, 5.41) is 9.08. The van der Waals surface area contributed by atoms with E-state index < -0.39 is 17.4 Å². The summed E-state index contributed by atoms with van der Waals surface area (Å²) in [4.78, 5) is 22.7. The van der Waals surface area contributed by atoms with Crippen LogP contribution in [0.3, 0.4) is 0 Å². The lowest BCUT2D eigenvalue weighted by molar-refractivity contribution is -0.168. The van der Waals surface area contributed by atoms with Crippen molar-refractivity contribution in [3.05, 3.63) is 0 Å². The highest BCUT2D eigenvalue weighted by Crippen LogP contribution is 2.28. The molecule has 15 heavy (non-hydrogen) atoms. The van der Waals surface area contributed by atoms with Crippen LogP contribution < -0.4 is 0 Å². The molecule has 1 unspecified atom stereocenters. The van der Waals surface area contributed by atoms with Crippen molar-refractivity contribution in [2.75, 3.05) is 6.61 Å². The number of carboxylic acids is 1. The predicted octanol–water partition coefficient (Wildman–Crippen LogP) is 1.44. The quantitative estimate of drug-likeness (QED) is 0.425. The zero-order valence-corrected chi connectivity index (χ0v) is 9.29.